The highest BCUT2D eigenvalue weighted by Crippen LogP contribution is 2.31. The molecule has 2 atom stereocenters. The molecule has 2 amide bonds. The highest BCUT2D eigenvalue weighted by molar-refractivity contribution is 5.82. The Morgan fingerprint density at radius 2 is 1.91 bits per heavy atom. The van der Waals surface area contributed by atoms with Crippen molar-refractivity contribution in [1.29, 1.82) is 0 Å². The first-order valence-electron chi connectivity index (χ1n) is 6.78. The molecule has 0 aromatic carbocycles. The number of hydrogen-bond acceptors (Lipinski definition) is 3. The van der Waals surface area contributed by atoms with Crippen LogP contribution in [-0.4, -0.2) is 47.3 Å². The third kappa shape index (κ3) is 4.38. The summed E-state index contributed by atoms with van der Waals surface area (Å²) in [7, 11) is 0. The van der Waals surface area contributed by atoms with E-state index in [1.165, 1.54) is 17.9 Å². The van der Waals surface area contributed by atoms with Crippen LogP contribution in [0.3, 0.4) is 0 Å². The second-order valence-electron chi connectivity index (χ2n) is 6.57. The van der Waals surface area contributed by atoms with Crippen molar-refractivity contribution in [2.45, 2.75) is 45.0 Å². The lowest BCUT2D eigenvalue weighted by Gasteiger charge is -2.30. The van der Waals surface area contributed by atoms with Gasteiger partial charge in [-0.3, -0.25) is 4.79 Å². The fourth-order valence-corrected chi connectivity index (χ4v) is 2.28. The van der Waals surface area contributed by atoms with E-state index < -0.39 is 35.2 Å². The molecule has 1 rings (SSSR count). The Hall–Kier alpha value is -1.73. The lowest BCUT2D eigenvalue weighted by molar-refractivity contribution is -0.175. The van der Waals surface area contributed by atoms with Crippen LogP contribution in [0.5, 0.6) is 0 Å². The van der Waals surface area contributed by atoms with Crippen LogP contribution in [0.1, 0.15) is 27.7 Å². The molecule has 0 aliphatic carbocycles. The van der Waals surface area contributed by atoms with Crippen molar-refractivity contribution in [3.8, 4) is 0 Å². The highest BCUT2D eigenvalue weighted by Gasteiger charge is 2.49. The molecule has 0 bridgehead atoms. The van der Waals surface area contributed by atoms with Gasteiger partial charge in [0.1, 0.15) is 5.60 Å². The van der Waals surface area contributed by atoms with E-state index in [-0.39, 0.29) is 13.1 Å². The summed E-state index contributed by atoms with van der Waals surface area (Å²) in [6.45, 7) is 10.1. The fourth-order valence-electron chi connectivity index (χ4n) is 2.28. The van der Waals surface area contributed by atoms with Crippen LogP contribution in [0.4, 0.5) is 18.0 Å². The summed E-state index contributed by atoms with van der Waals surface area (Å²) in [6, 6.07) is 0. The van der Waals surface area contributed by atoms with Crippen LogP contribution in [0, 0.1) is 5.92 Å². The molecule has 1 saturated heterocycles. The molecule has 0 aromatic heterocycles. The molecule has 1 heterocycles. The molecule has 1 aliphatic heterocycles. The monoisotopic (exact) mass is 322 g/mol. The first-order chi connectivity index (χ1) is 9.78. The first kappa shape index (κ1) is 18.3. The van der Waals surface area contributed by atoms with Crippen LogP contribution < -0.4 is 5.32 Å². The summed E-state index contributed by atoms with van der Waals surface area (Å²) in [6.07, 6.45) is -4.18. The van der Waals surface area contributed by atoms with Crippen LogP contribution in [-0.2, 0) is 9.53 Å². The molecule has 1 fully saturated rings. The molecule has 0 unspecified atom stereocenters. The molecule has 8 heteroatoms. The molecule has 22 heavy (non-hydrogen) atoms. The van der Waals surface area contributed by atoms with Crippen molar-refractivity contribution < 1.29 is 27.5 Å². The number of nitrogens with zero attached hydrogens (tertiary/aromatic N) is 1. The normalized spacial score (nSPS) is 25.8. The topological polar surface area (TPSA) is 58.6 Å². The summed E-state index contributed by atoms with van der Waals surface area (Å²) >= 11 is 0. The molecule has 1 aliphatic rings. The molecule has 0 aromatic rings. The minimum absolute atomic E-state index is 0.0829. The predicted molar refractivity (Wildman–Crippen MR) is 74.1 cm³/mol. The number of likely N-dealkylation sites (tertiary alicyclic amines) is 1. The fraction of sp³-hybridized carbons (Fsp3) is 0.714. The molecule has 5 nitrogen and oxygen atoms in total. The van der Waals surface area contributed by atoms with Gasteiger partial charge in [-0.15, -0.1) is 6.58 Å². The van der Waals surface area contributed by atoms with E-state index in [2.05, 4.69) is 6.58 Å². The Labute approximate surface area is 127 Å². The maximum atomic E-state index is 12.4. The zero-order valence-corrected chi connectivity index (χ0v) is 13.1. The zero-order chi connectivity index (χ0) is 17.3. The SMILES string of the molecule is C=C[C@@H]1CN(C(=O)OC(C)(C)C)C[C@]1(C)NC(=O)C(F)(F)F. The molecular formula is C14H21F3N2O3. The molecule has 0 radical (unpaired) electrons. The van der Waals surface area contributed by atoms with Gasteiger partial charge in [-0.1, -0.05) is 6.08 Å². The van der Waals surface area contributed by atoms with Gasteiger partial charge in [-0.05, 0) is 27.7 Å². The van der Waals surface area contributed by atoms with Crippen LogP contribution in [0.15, 0.2) is 12.7 Å². The zero-order valence-electron chi connectivity index (χ0n) is 13.1. The van der Waals surface area contributed by atoms with Gasteiger partial charge in [0.25, 0.3) is 0 Å². The largest absolute Gasteiger partial charge is 0.471 e. The van der Waals surface area contributed by atoms with Gasteiger partial charge in [0, 0.05) is 19.0 Å². The number of rotatable bonds is 2. The summed E-state index contributed by atoms with van der Waals surface area (Å²) in [5, 5.41) is 1.96. The summed E-state index contributed by atoms with van der Waals surface area (Å²) in [5.41, 5.74) is -1.96. The average Bonchev–Trinajstić information content (AvgIpc) is 2.62. The first-order valence-corrected chi connectivity index (χ1v) is 6.78. The van der Waals surface area contributed by atoms with E-state index >= 15 is 0 Å². The van der Waals surface area contributed by atoms with E-state index in [9.17, 15) is 22.8 Å². The van der Waals surface area contributed by atoms with E-state index in [0.717, 1.165) is 0 Å². The number of alkyl halides is 3. The minimum Gasteiger partial charge on any atom is -0.444 e. The van der Waals surface area contributed by atoms with E-state index in [1.54, 1.807) is 20.8 Å². The van der Waals surface area contributed by atoms with Crippen molar-refractivity contribution in [3.05, 3.63) is 12.7 Å². The van der Waals surface area contributed by atoms with Gasteiger partial charge in [0.2, 0.25) is 0 Å². The van der Waals surface area contributed by atoms with Gasteiger partial charge in [0.15, 0.2) is 0 Å². The predicted octanol–water partition coefficient (Wildman–Crippen LogP) is 2.48. The Kier molecular flexibility index (Phi) is 4.84. The molecular weight excluding hydrogens is 301 g/mol. The van der Waals surface area contributed by atoms with Crippen LogP contribution in [0.2, 0.25) is 0 Å². The van der Waals surface area contributed by atoms with Crippen LogP contribution >= 0.6 is 0 Å². The van der Waals surface area contributed by atoms with E-state index in [1.807, 2.05) is 5.32 Å². The molecule has 126 valence electrons. The van der Waals surface area contributed by atoms with E-state index in [4.69, 9.17) is 4.74 Å². The lowest BCUT2D eigenvalue weighted by atomic mass is 9.89. The van der Waals surface area contributed by atoms with Gasteiger partial charge < -0.3 is 15.0 Å². The Bertz CT molecular complexity index is 471. The summed E-state index contributed by atoms with van der Waals surface area (Å²) in [5.74, 6) is -2.54. The third-order valence-corrected chi connectivity index (χ3v) is 3.35. The van der Waals surface area contributed by atoms with Gasteiger partial charge in [-0.25, -0.2) is 4.79 Å². The number of hydrogen-bond donors (Lipinski definition) is 1. The van der Waals surface area contributed by atoms with E-state index in [0.29, 0.717) is 0 Å². The van der Waals surface area contributed by atoms with Gasteiger partial charge in [-0.2, -0.15) is 13.2 Å². The smallest absolute Gasteiger partial charge is 0.444 e. The second kappa shape index (κ2) is 5.81. The van der Waals surface area contributed by atoms with Crippen molar-refractivity contribution in [2.75, 3.05) is 13.1 Å². The second-order valence-corrected chi connectivity index (χ2v) is 6.57. The van der Waals surface area contributed by atoms with Crippen molar-refractivity contribution >= 4 is 12.0 Å². The average molecular weight is 322 g/mol. The Morgan fingerprint density at radius 3 is 2.32 bits per heavy atom. The van der Waals surface area contributed by atoms with Crippen molar-refractivity contribution in [1.82, 2.24) is 10.2 Å². The van der Waals surface area contributed by atoms with Crippen molar-refractivity contribution in [3.63, 3.8) is 0 Å². The number of carbonyl (C=O) groups is 2. The Morgan fingerprint density at radius 1 is 1.36 bits per heavy atom. The van der Waals surface area contributed by atoms with Gasteiger partial charge in [0.05, 0.1) is 5.54 Å². The molecule has 0 spiro atoms. The molecule has 0 saturated carbocycles. The highest BCUT2D eigenvalue weighted by atomic mass is 19.4. The standard InChI is InChI=1S/C14H21F3N2O3/c1-6-9-7-19(11(21)22-12(2,3)4)8-13(9,5)18-10(20)14(15,16)17/h6,9H,1,7-8H2,2-5H3,(H,18,20)/t9-,13+/m1/s1. The number of amides is 2. The number of nitrogens with one attached hydrogen (secondary N) is 1. The van der Waals surface area contributed by atoms with Crippen molar-refractivity contribution in [2.24, 2.45) is 5.92 Å². The summed E-state index contributed by atoms with van der Waals surface area (Å²) < 4.78 is 42.5. The Balaban J connectivity index is 2.86. The van der Waals surface area contributed by atoms with Gasteiger partial charge >= 0.3 is 18.2 Å². The minimum atomic E-state index is -4.98. The maximum Gasteiger partial charge on any atom is 0.471 e. The molecule has 1 N–H and O–H groups in total. The quantitative estimate of drug-likeness (QED) is 0.795. The summed E-state index contributed by atoms with van der Waals surface area (Å²) in [4.78, 5) is 24.5. The number of ether oxygens (including phenoxy) is 1. The maximum absolute atomic E-state index is 12.4. The number of carbonyl (C=O) groups excluding carboxylic acids is 2. The van der Waals surface area contributed by atoms with Crippen LogP contribution in [0.25, 0.3) is 0 Å². The number of halogens is 3. The lowest BCUT2D eigenvalue weighted by Crippen LogP contribution is -2.55. The third-order valence-electron chi connectivity index (χ3n) is 3.35.